The van der Waals surface area contributed by atoms with E-state index in [-0.39, 0.29) is 13.2 Å². The van der Waals surface area contributed by atoms with E-state index >= 15 is 0 Å². The van der Waals surface area contributed by atoms with Crippen molar-refractivity contribution >= 4 is 23.2 Å². The Balaban J connectivity index is 0.000000153. The van der Waals surface area contributed by atoms with Crippen molar-refractivity contribution in [1.82, 2.24) is 0 Å². The van der Waals surface area contributed by atoms with E-state index in [1.165, 1.54) is 0 Å². The van der Waals surface area contributed by atoms with Gasteiger partial charge in [-0.1, -0.05) is 65.8 Å². The summed E-state index contributed by atoms with van der Waals surface area (Å²) >= 11 is 0. The first-order chi connectivity index (χ1) is 33.2. The summed E-state index contributed by atoms with van der Waals surface area (Å²) in [4.78, 5) is 40.8. The molecule has 13 rings (SSSR count). The number of rotatable bonds is 3. The van der Waals surface area contributed by atoms with E-state index in [1.54, 1.807) is 92.8 Å². The van der Waals surface area contributed by atoms with Gasteiger partial charge in [0.05, 0.1) is 54.4 Å². The lowest BCUT2D eigenvalue weighted by Gasteiger charge is -2.54. The molecule has 4 heterocycles. The maximum absolute atomic E-state index is 13.7. The summed E-state index contributed by atoms with van der Waals surface area (Å²) < 4.78 is 43.4. The number of Topliss-reactive ketones (excluding diaryl/α,β-unsaturated/α-hetero) is 2. The Hall–Kier alpha value is -3.21. The first-order valence-electron chi connectivity index (χ1n) is 25.6. The molecular weight excluding hydrogens is 935 g/mol. The SMILES string of the molecule is CC1=C[C@@H]2[C@@](O)(C1=O)[C@@H]1OC(C)(C)OC[C@@]13O[C@H]3[C@H]1[C@@H]3C(C)(C)[C@]3(O)[C@H](O)[C@@H](C)[C@@]12O.CNc1ccccc1C(=O)O[C@@]12[C@H](O)[C@@H](C)[C@@]3(O)[C@H]([C@@H]1C2(C)C)[C@@H]1O[C@@]12COC(C)(C)O[C@H]2[C@]1(O)C(=O)C(C)=C[C@H]13. The molecule has 0 aromatic heterocycles. The highest BCUT2D eigenvalue weighted by Crippen LogP contribution is 2.81. The van der Waals surface area contributed by atoms with Crippen LogP contribution in [0.15, 0.2) is 47.6 Å². The van der Waals surface area contributed by atoms with E-state index in [2.05, 4.69) is 5.32 Å². The Bertz CT molecular complexity index is 2700. The number of aliphatic hydroxyl groups excluding tert-OH is 2. The van der Waals surface area contributed by atoms with Gasteiger partial charge < -0.3 is 74.2 Å². The first-order valence-corrected chi connectivity index (χ1v) is 25.6. The van der Waals surface area contributed by atoms with E-state index in [0.29, 0.717) is 22.4 Å². The monoisotopic (exact) mass is 1010 g/mol. The predicted molar refractivity (Wildman–Crippen MR) is 250 cm³/mol. The van der Waals surface area contributed by atoms with Crippen LogP contribution in [0.1, 0.15) is 93.4 Å². The second kappa shape index (κ2) is 13.8. The minimum absolute atomic E-state index is 0.0513. The summed E-state index contributed by atoms with van der Waals surface area (Å²) in [5.41, 5.74) is -12.6. The minimum atomic E-state index is -2.14. The summed E-state index contributed by atoms with van der Waals surface area (Å²) in [5, 5.41) is 87.4. The number of para-hydroxylation sites is 1. The van der Waals surface area contributed by atoms with Gasteiger partial charge in [-0.3, -0.25) is 9.59 Å². The van der Waals surface area contributed by atoms with Gasteiger partial charge in [-0.15, -0.1) is 0 Å². The summed E-state index contributed by atoms with van der Waals surface area (Å²) in [7, 11) is 1.72. The Morgan fingerprint density at radius 2 is 1.10 bits per heavy atom. The molecule has 18 heteroatoms. The van der Waals surface area contributed by atoms with Crippen LogP contribution in [0.2, 0.25) is 0 Å². The number of ketones is 2. The third-order valence-electron chi connectivity index (χ3n) is 21.3. The minimum Gasteiger partial charge on any atom is -0.452 e. The van der Waals surface area contributed by atoms with Crippen LogP contribution in [0.3, 0.4) is 0 Å². The fourth-order valence-corrected chi connectivity index (χ4v) is 17.4. The van der Waals surface area contributed by atoms with Gasteiger partial charge in [0.25, 0.3) is 0 Å². The molecule has 2 spiro atoms. The molecule has 1 aromatic carbocycles. The predicted octanol–water partition coefficient (Wildman–Crippen LogP) is 1.73. The van der Waals surface area contributed by atoms with E-state index < -0.39 is 169 Å². The quantitative estimate of drug-likeness (QED) is 0.158. The zero-order valence-electron chi connectivity index (χ0n) is 43.2. The van der Waals surface area contributed by atoms with Crippen LogP contribution in [-0.4, -0.2) is 167 Å². The molecule has 1 aromatic rings. The molecule has 12 aliphatic rings. The molecule has 22 atom stereocenters. The summed E-state index contributed by atoms with van der Waals surface area (Å²) in [5.74, 6) is -9.95. The van der Waals surface area contributed by atoms with Crippen LogP contribution in [0, 0.1) is 58.2 Å². The molecule has 18 nitrogen and oxygen atoms in total. The Labute approximate surface area is 418 Å². The van der Waals surface area contributed by atoms with Crippen molar-refractivity contribution in [3.63, 3.8) is 0 Å². The fourth-order valence-electron chi connectivity index (χ4n) is 17.4. The van der Waals surface area contributed by atoms with Crippen molar-refractivity contribution in [2.24, 2.45) is 58.2 Å². The zero-order chi connectivity index (χ0) is 52.4. The van der Waals surface area contributed by atoms with Gasteiger partial charge in [-0.2, -0.15) is 0 Å². The maximum atomic E-state index is 13.7. The van der Waals surface area contributed by atoms with Gasteiger partial charge in [0.1, 0.15) is 34.6 Å². The number of hydrogen-bond acceptors (Lipinski definition) is 18. The number of epoxide rings is 2. The largest absolute Gasteiger partial charge is 0.452 e. The number of fused-ring (bicyclic) bond motifs is 14. The standard InChI is InChI=1S/C31H39NO9.C23H32O8/c1-14-12-18-29(36)15(2)22(34)31(40-24(35)16-10-8-9-11-17(16)32-7)20(26(31,3)4)19(29)23-28(39-23)13-38-27(5,6)41-25(28)30(18,37)21(14)33;1-9-7-11-21(26)10(2)15(25)23(28)13(18(23,3)4)12(21)16-20(30-16)8-29-19(5,6)31-17(20)22(11,27)14(9)24/h8-12,15,18-20,22-23,25,32,34,36-37H,13H2,1-7H3;7,10-13,15-17,25-28H,8H2,1-6H3/t15-,18+,19-,20-,22-,23+,25-,28+,29+,30-,31-;10-,11+,12-,13-,15-,16+,17-,20+,21+,22-,23-/m11/s1. The number of hydrogen-bond donors (Lipinski definition) is 8. The smallest absolute Gasteiger partial charge is 0.340 e. The van der Waals surface area contributed by atoms with Crippen molar-refractivity contribution in [2.45, 2.75) is 176 Å². The molecular formula is C54H71NO17. The lowest BCUT2D eigenvalue weighted by atomic mass is 9.58. The summed E-state index contributed by atoms with van der Waals surface area (Å²) in [6.45, 7) is 21.2. The second-order valence-electron chi connectivity index (χ2n) is 25.8. The van der Waals surface area contributed by atoms with E-state index in [4.69, 9.17) is 33.2 Å². The Kier molecular flexibility index (Phi) is 9.55. The van der Waals surface area contributed by atoms with Crippen LogP contribution in [0.25, 0.3) is 0 Å². The van der Waals surface area contributed by atoms with Crippen molar-refractivity contribution in [2.75, 3.05) is 25.6 Å². The lowest BCUT2D eigenvalue weighted by molar-refractivity contribution is -0.329. The molecule has 72 heavy (non-hydrogen) atoms. The zero-order valence-corrected chi connectivity index (χ0v) is 43.2. The number of nitrogens with one attached hydrogen (secondary N) is 1. The average Bonchev–Trinajstić information content (AvgIpc) is 4.29. The third kappa shape index (κ3) is 5.24. The molecule has 0 bridgehead atoms. The summed E-state index contributed by atoms with van der Waals surface area (Å²) in [6.07, 6.45) is -2.68. The first kappa shape index (κ1) is 49.7. The number of aliphatic hydroxyl groups is 7. The highest BCUT2D eigenvalue weighted by molar-refractivity contribution is 6.06. The van der Waals surface area contributed by atoms with E-state index in [9.17, 15) is 50.1 Å². The van der Waals surface area contributed by atoms with Gasteiger partial charge >= 0.3 is 5.97 Å². The molecule has 0 unspecified atom stereocenters. The van der Waals surface area contributed by atoms with E-state index in [0.717, 1.165) is 0 Å². The lowest BCUT2D eigenvalue weighted by Crippen LogP contribution is -2.70. The number of anilines is 1. The molecule has 0 radical (unpaired) electrons. The van der Waals surface area contributed by atoms with Crippen LogP contribution in [0.4, 0.5) is 5.69 Å². The van der Waals surface area contributed by atoms with Crippen LogP contribution in [0.5, 0.6) is 0 Å². The molecule has 394 valence electrons. The molecule has 0 amide bonds. The molecule has 4 aliphatic heterocycles. The highest BCUT2D eigenvalue weighted by Gasteiger charge is 2.95. The maximum Gasteiger partial charge on any atom is 0.340 e. The molecule has 10 fully saturated rings. The van der Waals surface area contributed by atoms with Gasteiger partial charge in [-0.25, -0.2) is 4.79 Å². The van der Waals surface area contributed by atoms with Gasteiger partial charge in [0.2, 0.25) is 0 Å². The van der Waals surface area contributed by atoms with Crippen molar-refractivity contribution < 1.29 is 83.3 Å². The summed E-state index contributed by atoms with van der Waals surface area (Å²) in [6, 6.07) is 6.99. The van der Waals surface area contributed by atoms with Crippen LogP contribution < -0.4 is 5.32 Å². The number of ether oxygens (including phenoxy) is 7. The van der Waals surface area contributed by atoms with Gasteiger partial charge in [-0.05, 0) is 64.8 Å². The number of carbonyl (C=O) groups is 3. The number of benzene rings is 1. The fraction of sp³-hybridized carbons (Fsp3) is 0.759. The van der Waals surface area contributed by atoms with Gasteiger partial charge in [0, 0.05) is 70.9 Å². The second-order valence-corrected chi connectivity index (χ2v) is 25.8. The van der Waals surface area contributed by atoms with Crippen molar-refractivity contribution in [1.29, 1.82) is 0 Å². The van der Waals surface area contributed by atoms with Crippen molar-refractivity contribution in [3.05, 3.63) is 53.1 Å². The third-order valence-corrected chi connectivity index (χ3v) is 21.3. The molecule has 4 saturated heterocycles. The van der Waals surface area contributed by atoms with Crippen LogP contribution in [-0.2, 0) is 42.7 Å². The molecule has 6 saturated carbocycles. The average molecular weight is 1010 g/mol. The molecule has 8 aliphatic carbocycles. The van der Waals surface area contributed by atoms with Crippen molar-refractivity contribution in [3.8, 4) is 0 Å². The normalized spacial score (nSPS) is 55.1. The van der Waals surface area contributed by atoms with E-state index in [1.807, 2.05) is 33.8 Å². The number of carbonyl (C=O) groups excluding carboxylic acids is 3. The molecule has 8 N–H and O–H groups in total. The number of esters is 1. The topological polar surface area (TPSA) is 276 Å². The van der Waals surface area contributed by atoms with Crippen LogP contribution >= 0.6 is 0 Å². The Morgan fingerprint density at radius 1 is 0.653 bits per heavy atom. The highest BCUT2D eigenvalue weighted by atomic mass is 16.8. The Morgan fingerprint density at radius 3 is 1.57 bits per heavy atom. The van der Waals surface area contributed by atoms with Gasteiger partial charge in [0.15, 0.2) is 34.3 Å².